The molecule has 1 aromatic rings. The van der Waals surface area contributed by atoms with Gasteiger partial charge in [0.05, 0.1) is 6.04 Å². The number of amides is 2. The van der Waals surface area contributed by atoms with Crippen LogP contribution in [0, 0.1) is 5.41 Å². The number of nitrogens with one attached hydrogen (secondary N) is 1. The zero-order chi connectivity index (χ0) is 21.4. The number of aliphatic carboxylic acids is 1. The number of aliphatic hydroxyl groups is 1. The predicted octanol–water partition coefficient (Wildman–Crippen LogP) is 1.91. The average molecular weight is 404 g/mol. The van der Waals surface area contributed by atoms with Crippen molar-refractivity contribution in [3.8, 4) is 0 Å². The van der Waals surface area contributed by atoms with E-state index in [1.807, 2.05) is 6.07 Å². The zero-order valence-electron chi connectivity index (χ0n) is 17.0. The zero-order valence-corrected chi connectivity index (χ0v) is 17.0. The molecule has 0 spiro atoms. The lowest BCUT2D eigenvalue weighted by atomic mass is 9.76. The third-order valence-corrected chi connectivity index (χ3v) is 5.57. The van der Waals surface area contributed by atoms with Crippen LogP contribution in [-0.2, 0) is 20.7 Å². The second-order valence-electron chi connectivity index (χ2n) is 8.90. The van der Waals surface area contributed by atoms with Crippen molar-refractivity contribution in [2.45, 2.75) is 63.8 Å². The summed E-state index contributed by atoms with van der Waals surface area (Å²) in [5.41, 5.74) is -3.58. The van der Waals surface area contributed by atoms with E-state index in [1.165, 1.54) is 4.90 Å². The van der Waals surface area contributed by atoms with Gasteiger partial charge in [0.1, 0.15) is 5.60 Å². The van der Waals surface area contributed by atoms with Gasteiger partial charge in [-0.25, -0.2) is 4.79 Å². The van der Waals surface area contributed by atoms with Crippen molar-refractivity contribution in [3.63, 3.8) is 0 Å². The monoisotopic (exact) mass is 404 g/mol. The van der Waals surface area contributed by atoms with Gasteiger partial charge in [-0.1, -0.05) is 30.3 Å². The van der Waals surface area contributed by atoms with Gasteiger partial charge in [0, 0.05) is 13.0 Å². The molecule has 0 aliphatic carbocycles. The van der Waals surface area contributed by atoms with Crippen LogP contribution in [-0.4, -0.2) is 57.0 Å². The van der Waals surface area contributed by atoms with Crippen LogP contribution in [0.2, 0.25) is 0 Å². The molecule has 2 amide bonds. The maximum Gasteiger partial charge on any atom is 0.408 e. The lowest BCUT2D eigenvalue weighted by Crippen LogP contribution is -2.63. The summed E-state index contributed by atoms with van der Waals surface area (Å²) in [7, 11) is 0. The highest BCUT2D eigenvalue weighted by Crippen LogP contribution is 2.48. The Morgan fingerprint density at radius 3 is 2.52 bits per heavy atom. The molecule has 0 aromatic heterocycles. The first-order chi connectivity index (χ1) is 13.5. The van der Waals surface area contributed by atoms with Gasteiger partial charge in [0.25, 0.3) is 0 Å². The highest BCUT2D eigenvalue weighted by atomic mass is 16.6. The first-order valence-electron chi connectivity index (χ1n) is 9.79. The predicted molar refractivity (Wildman–Crippen MR) is 104 cm³/mol. The topological polar surface area (TPSA) is 116 Å². The number of carboxylic acids is 1. The average Bonchev–Trinajstić information content (AvgIpc) is 2.84. The van der Waals surface area contributed by atoms with E-state index >= 15 is 0 Å². The van der Waals surface area contributed by atoms with Crippen LogP contribution in [0.25, 0.3) is 0 Å². The molecular formula is C21H28N2O6. The smallest absolute Gasteiger partial charge is 0.408 e. The van der Waals surface area contributed by atoms with Gasteiger partial charge in [0.15, 0.2) is 11.1 Å². The minimum Gasteiger partial charge on any atom is -0.480 e. The molecule has 3 N–H and O–H groups in total. The van der Waals surface area contributed by atoms with Crippen LogP contribution in [0.5, 0.6) is 0 Å². The van der Waals surface area contributed by atoms with Gasteiger partial charge in [-0.15, -0.1) is 0 Å². The summed E-state index contributed by atoms with van der Waals surface area (Å²) in [5.74, 6) is -1.89. The van der Waals surface area contributed by atoms with Crippen LogP contribution in [0.3, 0.4) is 0 Å². The molecule has 0 bridgehead atoms. The number of carboxylic acid groups (broad SMARTS) is 1. The van der Waals surface area contributed by atoms with E-state index in [1.54, 1.807) is 45.0 Å². The van der Waals surface area contributed by atoms with Crippen molar-refractivity contribution in [1.82, 2.24) is 10.2 Å². The number of carbonyl (C=O) groups excluding carboxylic acids is 2. The van der Waals surface area contributed by atoms with Crippen LogP contribution >= 0.6 is 0 Å². The quantitative estimate of drug-likeness (QED) is 0.660. The van der Waals surface area contributed by atoms with Crippen molar-refractivity contribution in [3.05, 3.63) is 35.9 Å². The molecule has 2 aliphatic heterocycles. The number of hydrogen-bond donors (Lipinski definition) is 3. The number of benzene rings is 1. The molecule has 29 heavy (non-hydrogen) atoms. The van der Waals surface area contributed by atoms with E-state index in [-0.39, 0.29) is 19.4 Å². The van der Waals surface area contributed by atoms with Gasteiger partial charge >= 0.3 is 12.1 Å². The van der Waals surface area contributed by atoms with E-state index in [2.05, 4.69) is 5.32 Å². The largest absolute Gasteiger partial charge is 0.480 e. The van der Waals surface area contributed by atoms with Crippen LogP contribution in [0.4, 0.5) is 4.79 Å². The summed E-state index contributed by atoms with van der Waals surface area (Å²) in [4.78, 5) is 39.0. The molecule has 0 radical (unpaired) electrons. The number of hydrogen-bond acceptors (Lipinski definition) is 5. The summed E-state index contributed by atoms with van der Waals surface area (Å²) in [5, 5.41) is 24.1. The van der Waals surface area contributed by atoms with Gasteiger partial charge in [-0.3, -0.25) is 9.59 Å². The Balaban J connectivity index is 1.90. The number of alkyl carbamates (subject to hydrolysis) is 1. The molecule has 2 aliphatic rings. The van der Waals surface area contributed by atoms with Crippen LogP contribution < -0.4 is 5.32 Å². The third kappa shape index (κ3) is 3.94. The van der Waals surface area contributed by atoms with Crippen molar-refractivity contribution < 1.29 is 29.3 Å². The molecule has 0 saturated carbocycles. The molecule has 3 atom stereocenters. The SMILES string of the molecule is CC(C)(C)OC(=O)N[C@H]1CCCN2C(=O)[C@@](Cc3ccccc3)(C(=O)O)C[C@]12O. The van der Waals surface area contributed by atoms with E-state index in [4.69, 9.17) is 4.74 Å². The molecular weight excluding hydrogens is 376 g/mol. The second kappa shape index (κ2) is 7.33. The normalized spacial score (nSPS) is 29.3. The summed E-state index contributed by atoms with van der Waals surface area (Å²) < 4.78 is 5.27. The fourth-order valence-electron chi connectivity index (χ4n) is 4.30. The molecule has 2 heterocycles. The standard InChI is InChI=1S/C21H28N2O6/c1-19(2,3)29-18(27)22-15-10-7-11-23-16(24)20(17(25)26,13-21(15,23)28)12-14-8-5-4-6-9-14/h4-6,8-9,15,28H,7,10-13H2,1-3H3,(H,22,27)(H,25,26)/t15-,20-,21-/m0/s1. The molecule has 3 rings (SSSR count). The Labute approximate surface area is 169 Å². The Bertz CT molecular complexity index is 805. The number of carbonyl (C=O) groups is 3. The fraction of sp³-hybridized carbons (Fsp3) is 0.571. The molecule has 2 fully saturated rings. The minimum absolute atomic E-state index is 0.0278. The van der Waals surface area contributed by atoms with Crippen LogP contribution in [0.1, 0.15) is 45.6 Å². The number of fused-ring (bicyclic) bond motifs is 1. The second-order valence-corrected chi connectivity index (χ2v) is 8.90. The number of ether oxygens (including phenoxy) is 1. The highest BCUT2D eigenvalue weighted by Gasteiger charge is 2.66. The molecule has 0 unspecified atom stereocenters. The number of rotatable bonds is 4. The lowest BCUT2D eigenvalue weighted by molar-refractivity contribution is -0.161. The number of nitrogens with zero attached hydrogens (tertiary/aromatic N) is 1. The Morgan fingerprint density at radius 1 is 1.28 bits per heavy atom. The Hall–Kier alpha value is -2.61. The first-order valence-corrected chi connectivity index (χ1v) is 9.79. The summed E-state index contributed by atoms with van der Waals surface area (Å²) in [6.45, 7) is 5.42. The van der Waals surface area contributed by atoms with Crippen LogP contribution in [0.15, 0.2) is 30.3 Å². The van der Waals surface area contributed by atoms with Gasteiger partial charge < -0.3 is 25.2 Å². The van der Waals surface area contributed by atoms with Gasteiger partial charge in [0.2, 0.25) is 5.91 Å². The molecule has 158 valence electrons. The third-order valence-electron chi connectivity index (χ3n) is 5.57. The fourth-order valence-corrected chi connectivity index (χ4v) is 4.30. The summed E-state index contributed by atoms with van der Waals surface area (Å²) in [6.07, 6.45) is -0.0827. The Kier molecular flexibility index (Phi) is 5.34. The van der Waals surface area contributed by atoms with E-state index < -0.39 is 40.8 Å². The minimum atomic E-state index is -1.78. The summed E-state index contributed by atoms with van der Waals surface area (Å²) in [6, 6.07) is 8.07. The van der Waals surface area contributed by atoms with E-state index in [0.717, 1.165) is 0 Å². The van der Waals surface area contributed by atoms with Crippen molar-refractivity contribution in [2.75, 3.05) is 6.54 Å². The van der Waals surface area contributed by atoms with E-state index in [9.17, 15) is 24.6 Å². The maximum absolute atomic E-state index is 13.2. The highest BCUT2D eigenvalue weighted by molar-refractivity contribution is 6.04. The van der Waals surface area contributed by atoms with Crippen molar-refractivity contribution in [2.24, 2.45) is 5.41 Å². The van der Waals surface area contributed by atoms with Crippen molar-refractivity contribution >= 4 is 18.0 Å². The lowest BCUT2D eigenvalue weighted by Gasteiger charge is -2.44. The summed E-state index contributed by atoms with van der Waals surface area (Å²) >= 11 is 0. The van der Waals surface area contributed by atoms with E-state index in [0.29, 0.717) is 18.4 Å². The molecule has 1 aromatic carbocycles. The van der Waals surface area contributed by atoms with Gasteiger partial charge in [-0.05, 0) is 45.6 Å². The van der Waals surface area contributed by atoms with Gasteiger partial charge in [-0.2, -0.15) is 0 Å². The van der Waals surface area contributed by atoms with Crippen molar-refractivity contribution in [1.29, 1.82) is 0 Å². The number of piperidine rings is 1. The molecule has 2 saturated heterocycles. The maximum atomic E-state index is 13.2. The first kappa shape index (κ1) is 21.1. The Morgan fingerprint density at radius 2 is 1.93 bits per heavy atom. The molecule has 8 heteroatoms. The molecule has 8 nitrogen and oxygen atoms in total.